The lowest BCUT2D eigenvalue weighted by Gasteiger charge is -2.10. The second kappa shape index (κ2) is 7.13. The van der Waals surface area contributed by atoms with Gasteiger partial charge in [0.2, 0.25) is 0 Å². The topological polar surface area (TPSA) is 69.4 Å². The number of aromatic nitrogens is 6. The Hall–Kier alpha value is -2.93. The Bertz CT molecular complexity index is 991. The summed E-state index contributed by atoms with van der Waals surface area (Å²) in [5, 5.41) is 11.6. The van der Waals surface area contributed by atoms with E-state index in [0.717, 1.165) is 33.8 Å². The molecule has 6 nitrogen and oxygen atoms in total. The van der Waals surface area contributed by atoms with Gasteiger partial charge in [0.25, 0.3) is 0 Å². The first-order chi connectivity index (χ1) is 12.8. The molecule has 7 heteroatoms. The van der Waals surface area contributed by atoms with Crippen LogP contribution in [-0.4, -0.2) is 29.9 Å². The lowest BCUT2D eigenvalue weighted by atomic mass is 10.1. The van der Waals surface area contributed by atoms with Crippen molar-refractivity contribution >= 4 is 11.3 Å². The third kappa shape index (κ3) is 3.13. The number of nitrogens with zero attached hydrogens (tertiary/aromatic N) is 6. The van der Waals surface area contributed by atoms with E-state index in [2.05, 4.69) is 45.2 Å². The van der Waals surface area contributed by atoms with Crippen molar-refractivity contribution in [1.82, 2.24) is 29.9 Å². The minimum absolute atomic E-state index is 0.100. The van der Waals surface area contributed by atoms with Crippen molar-refractivity contribution in [1.29, 1.82) is 0 Å². The predicted molar refractivity (Wildman–Crippen MR) is 102 cm³/mol. The van der Waals surface area contributed by atoms with Crippen LogP contribution in [0.4, 0.5) is 0 Å². The van der Waals surface area contributed by atoms with Gasteiger partial charge in [-0.3, -0.25) is 0 Å². The molecule has 3 heterocycles. The van der Waals surface area contributed by atoms with Crippen LogP contribution in [0.5, 0.6) is 0 Å². The Morgan fingerprint density at radius 1 is 1.12 bits per heavy atom. The number of aryl methyl sites for hydroxylation is 1. The highest BCUT2D eigenvalue weighted by Crippen LogP contribution is 2.25. The molecule has 0 aliphatic rings. The summed E-state index contributed by atoms with van der Waals surface area (Å²) in [7, 11) is 0. The van der Waals surface area contributed by atoms with Gasteiger partial charge in [-0.05, 0) is 18.9 Å². The van der Waals surface area contributed by atoms with E-state index in [0.29, 0.717) is 5.82 Å². The van der Waals surface area contributed by atoms with Crippen LogP contribution in [0.1, 0.15) is 30.0 Å². The van der Waals surface area contributed by atoms with Crippen molar-refractivity contribution in [3.05, 3.63) is 65.0 Å². The van der Waals surface area contributed by atoms with E-state index >= 15 is 0 Å². The van der Waals surface area contributed by atoms with Gasteiger partial charge in [-0.15, -0.1) is 16.4 Å². The van der Waals surface area contributed by atoms with E-state index in [1.54, 1.807) is 23.7 Å². The molecule has 0 aliphatic carbocycles. The van der Waals surface area contributed by atoms with Gasteiger partial charge in [-0.2, -0.15) is 0 Å². The van der Waals surface area contributed by atoms with Gasteiger partial charge in [0.1, 0.15) is 16.7 Å². The van der Waals surface area contributed by atoms with Crippen LogP contribution in [-0.2, 0) is 0 Å². The normalized spacial score (nSPS) is 12.2. The molecule has 0 aliphatic heterocycles. The average molecular weight is 362 g/mol. The van der Waals surface area contributed by atoms with E-state index in [-0.39, 0.29) is 6.04 Å². The monoisotopic (exact) mass is 362 g/mol. The third-order valence-electron chi connectivity index (χ3n) is 4.29. The highest BCUT2D eigenvalue weighted by Gasteiger charge is 2.17. The van der Waals surface area contributed by atoms with Gasteiger partial charge in [0, 0.05) is 35.1 Å². The first-order valence-corrected chi connectivity index (χ1v) is 9.34. The lowest BCUT2D eigenvalue weighted by molar-refractivity contribution is 0.491. The van der Waals surface area contributed by atoms with Gasteiger partial charge in [0.15, 0.2) is 5.82 Å². The van der Waals surface area contributed by atoms with E-state index in [1.807, 2.05) is 40.7 Å². The SMILES string of the molecule is CC[C@H](c1nccs1)n1cc(-c2cnc(-c3ccccc3C)nc2)nn1. The van der Waals surface area contributed by atoms with Crippen LogP contribution < -0.4 is 0 Å². The van der Waals surface area contributed by atoms with Gasteiger partial charge >= 0.3 is 0 Å². The van der Waals surface area contributed by atoms with Crippen LogP contribution >= 0.6 is 11.3 Å². The molecule has 26 heavy (non-hydrogen) atoms. The molecule has 4 rings (SSSR count). The Morgan fingerprint density at radius 2 is 1.92 bits per heavy atom. The maximum absolute atomic E-state index is 4.51. The smallest absolute Gasteiger partial charge is 0.159 e. The molecule has 0 fully saturated rings. The van der Waals surface area contributed by atoms with E-state index in [1.165, 1.54) is 0 Å². The molecule has 0 unspecified atom stereocenters. The van der Waals surface area contributed by atoms with Gasteiger partial charge in [-0.25, -0.2) is 19.6 Å². The van der Waals surface area contributed by atoms with Crippen LogP contribution in [0.15, 0.2) is 54.4 Å². The molecular weight excluding hydrogens is 344 g/mol. The number of rotatable bonds is 5. The first kappa shape index (κ1) is 16.5. The van der Waals surface area contributed by atoms with Gasteiger partial charge in [-0.1, -0.05) is 36.4 Å². The first-order valence-electron chi connectivity index (χ1n) is 8.46. The average Bonchev–Trinajstić information content (AvgIpc) is 3.36. The summed E-state index contributed by atoms with van der Waals surface area (Å²) < 4.78 is 1.86. The molecule has 1 atom stereocenters. The zero-order chi connectivity index (χ0) is 17.9. The largest absolute Gasteiger partial charge is 0.247 e. The number of hydrogen-bond acceptors (Lipinski definition) is 6. The molecule has 0 saturated heterocycles. The maximum Gasteiger partial charge on any atom is 0.159 e. The van der Waals surface area contributed by atoms with Crippen LogP contribution in [0.25, 0.3) is 22.6 Å². The fraction of sp³-hybridized carbons (Fsp3) is 0.211. The number of benzene rings is 1. The molecular formula is C19H18N6S. The Balaban J connectivity index is 1.61. The van der Waals surface area contributed by atoms with E-state index in [9.17, 15) is 0 Å². The summed E-state index contributed by atoms with van der Waals surface area (Å²) in [6.45, 7) is 4.18. The van der Waals surface area contributed by atoms with Crippen LogP contribution in [0.3, 0.4) is 0 Å². The summed E-state index contributed by atoms with van der Waals surface area (Å²) in [5.41, 5.74) is 3.80. The Labute approximate surface area is 155 Å². The zero-order valence-electron chi connectivity index (χ0n) is 14.6. The van der Waals surface area contributed by atoms with E-state index < -0.39 is 0 Å². The van der Waals surface area contributed by atoms with E-state index in [4.69, 9.17) is 0 Å². The predicted octanol–water partition coefficient (Wildman–Crippen LogP) is 4.17. The molecule has 0 amide bonds. The van der Waals surface area contributed by atoms with Crippen molar-refractivity contribution in [3.8, 4) is 22.6 Å². The fourth-order valence-electron chi connectivity index (χ4n) is 2.86. The van der Waals surface area contributed by atoms with Crippen molar-refractivity contribution in [2.24, 2.45) is 0 Å². The maximum atomic E-state index is 4.51. The number of thiazole rings is 1. The molecule has 1 aromatic carbocycles. The minimum Gasteiger partial charge on any atom is -0.247 e. The van der Waals surface area contributed by atoms with Gasteiger partial charge in [0.05, 0.1) is 6.20 Å². The zero-order valence-corrected chi connectivity index (χ0v) is 15.4. The third-order valence-corrected chi connectivity index (χ3v) is 5.16. The Kier molecular flexibility index (Phi) is 4.53. The molecule has 0 N–H and O–H groups in total. The second-order valence-electron chi connectivity index (χ2n) is 5.99. The van der Waals surface area contributed by atoms with Crippen molar-refractivity contribution in [3.63, 3.8) is 0 Å². The standard InChI is InChI=1S/C19H18N6S/c1-3-17(19-20-8-9-26-19)25-12-16(23-24-25)14-10-21-18(22-11-14)15-7-5-4-6-13(15)2/h4-12,17H,3H2,1-2H3/t17-/m1/s1. The molecule has 0 spiro atoms. The van der Waals surface area contributed by atoms with Crippen LogP contribution in [0.2, 0.25) is 0 Å². The second-order valence-corrected chi connectivity index (χ2v) is 6.91. The summed E-state index contributed by atoms with van der Waals surface area (Å²) in [6.07, 6.45) is 8.25. The van der Waals surface area contributed by atoms with Crippen LogP contribution in [0, 0.1) is 6.92 Å². The Morgan fingerprint density at radius 3 is 2.62 bits per heavy atom. The summed E-state index contributed by atoms with van der Waals surface area (Å²) in [6, 6.07) is 8.19. The fourth-order valence-corrected chi connectivity index (χ4v) is 3.67. The molecule has 4 aromatic rings. The molecule has 0 saturated carbocycles. The van der Waals surface area contributed by atoms with Crippen molar-refractivity contribution < 1.29 is 0 Å². The highest BCUT2D eigenvalue weighted by molar-refractivity contribution is 7.09. The highest BCUT2D eigenvalue weighted by atomic mass is 32.1. The summed E-state index contributed by atoms with van der Waals surface area (Å²) >= 11 is 1.63. The molecule has 3 aromatic heterocycles. The number of hydrogen-bond donors (Lipinski definition) is 0. The summed E-state index contributed by atoms with van der Waals surface area (Å²) in [4.78, 5) is 13.4. The lowest BCUT2D eigenvalue weighted by Crippen LogP contribution is -2.10. The summed E-state index contributed by atoms with van der Waals surface area (Å²) in [5.74, 6) is 0.716. The quantitative estimate of drug-likeness (QED) is 0.533. The van der Waals surface area contributed by atoms with Gasteiger partial charge < -0.3 is 0 Å². The molecule has 130 valence electrons. The molecule has 0 bridgehead atoms. The molecule has 0 radical (unpaired) electrons. The minimum atomic E-state index is 0.100. The van der Waals surface area contributed by atoms with Crippen molar-refractivity contribution in [2.45, 2.75) is 26.3 Å². The van der Waals surface area contributed by atoms with Crippen molar-refractivity contribution in [2.75, 3.05) is 0 Å².